The van der Waals surface area contributed by atoms with E-state index in [1.54, 1.807) is 7.11 Å². The third-order valence-electron chi connectivity index (χ3n) is 4.36. The van der Waals surface area contributed by atoms with E-state index >= 15 is 0 Å². The minimum atomic E-state index is -4.94. The molecule has 0 amide bonds. The van der Waals surface area contributed by atoms with Crippen molar-refractivity contribution in [3.63, 3.8) is 0 Å². The van der Waals surface area contributed by atoms with Gasteiger partial charge in [0.05, 0.1) is 18.6 Å². The largest absolute Gasteiger partial charge is 0.497 e. The summed E-state index contributed by atoms with van der Waals surface area (Å²) in [4.78, 5) is 0. The zero-order valence-corrected chi connectivity index (χ0v) is 16.5. The van der Waals surface area contributed by atoms with E-state index in [-0.39, 0.29) is 0 Å². The van der Waals surface area contributed by atoms with Crippen LogP contribution in [0.1, 0.15) is 0 Å². The third kappa shape index (κ3) is 6.01. The molecule has 0 radical (unpaired) electrons. The van der Waals surface area contributed by atoms with Gasteiger partial charge in [0.15, 0.2) is 13.1 Å². The highest BCUT2D eigenvalue weighted by molar-refractivity contribution is 5.80. The van der Waals surface area contributed by atoms with Gasteiger partial charge in [-0.15, -0.1) is 10.2 Å². The maximum Gasteiger partial charge on any atom is 0.215 e. The van der Waals surface area contributed by atoms with Crippen LogP contribution in [-0.2, 0) is 4.74 Å². The quantitative estimate of drug-likeness (QED) is 0.444. The van der Waals surface area contributed by atoms with Crippen molar-refractivity contribution in [1.29, 1.82) is 0 Å². The van der Waals surface area contributed by atoms with E-state index in [9.17, 15) is 0 Å². The van der Waals surface area contributed by atoms with Gasteiger partial charge in [-0.2, -0.15) is 0 Å². The number of methoxy groups -OCH3 is 1. The van der Waals surface area contributed by atoms with Crippen molar-refractivity contribution in [3.8, 4) is 17.1 Å². The van der Waals surface area contributed by atoms with Gasteiger partial charge in [0, 0.05) is 5.56 Å². The molecule has 1 aliphatic heterocycles. The van der Waals surface area contributed by atoms with Crippen LogP contribution in [0.15, 0.2) is 59.0 Å². The van der Waals surface area contributed by atoms with E-state index in [1.807, 2.05) is 36.4 Å². The fourth-order valence-electron chi connectivity index (χ4n) is 3.09. The predicted octanol–water partition coefficient (Wildman–Crippen LogP) is -1.85. The molecular weight excluding hydrogens is 402 g/mol. The van der Waals surface area contributed by atoms with E-state index in [1.165, 1.54) is 0 Å². The zero-order valence-electron chi connectivity index (χ0n) is 15.7. The fraction of sp³-hybridized carbons (Fsp3) is 0.250. The van der Waals surface area contributed by atoms with Crippen LogP contribution in [-0.4, -0.2) is 33.4 Å². The lowest BCUT2D eigenvalue weighted by molar-refractivity contribution is -2.00. The van der Waals surface area contributed by atoms with E-state index in [0.717, 1.165) is 59.7 Å². The van der Waals surface area contributed by atoms with Crippen LogP contribution < -0.4 is 33.3 Å². The normalized spacial score (nSPS) is 14.3. The van der Waals surface area contributed by atoms with Gasteiger partial charge < -0.3 is 13.9 Å². The van der Waals surface area contributed by atoms with Crippen molar-refractivity contribution < 1.29 is 42.8 Å². The first-order valence-electron chi connectivity index (χ1n) is 8.80. The van der Waals surface area contributed by atoms with Gasteiger partial charge in [-0.05, 0) is 18.2 Å². The molecule has 0 unspecified atom stereocenters. The molecule has 0 bridgehead atoms. The molecule has 4 rings (SSSR count). The first-order valence-corrected chi connectivity index (χ1v) is 10.0. The van der Waals surface area contributed by atoms with E-state index in [0.29, 0.717) is 0 Å². The molecule has 9 heteroatoms. The third-order valence-corrected chi connectivity index (χ3v) is 4.36. The number of rotatable bonds is 2. The number of hydrogen-bond acceptors (Lipinski definition) is 7. The lowest BCUT2D eigenvalue weighted by Crippen LogP contribution is -2.68. The molecule has 0 N–H and O–H groups in total. The topological polar surface area (TPSA) is 127 Å². The van der Waals surface area contributed by atoms with Gasteiger partial charge in [0.2, 0.25) is 5.36 Å². The summed E-state index contributed by atoms with van der Waals surface area (Å²) in [6.45, 7) is 3.26. The zero-order chi connectivity index (χ0) is 20.9. The summed E-state index contributed by atoms with van der Waals surface area (Å²) in [6.07, 6.45) is 0. The van der Waals surface area contributed by atoms with Crippen molar-refractivity contribution in [1.82, 2.24) is 4.58 Å². The van der Waals surface area contributed by atoms with E-state index in [2.05, 4.69) is 22.8 Å². The number of nitrogens with zero attached hydrogens (tertiary/aromatic N) is 1. The average Bonchev–Trinajstić information content (AvgIpc) is 2.72. The van der Waals surface area contributed by atoms with Gasteiger partial charge in [0.25, 0.3) is 0 Å². The molecule has 1 saturated heterocycles. The molecule has 29 heavy (non-hydrogen) atoms. The molecule has 154 valence electrons. The van der Waals surface area contributed by atoms with Crippen LogP contribution in [0.4, 0.5) is 0 Å². The van der Waals surface area contributed by atoms with Gasteiger partial charge in [-0.3, -0.25) is 0 Å². The summed E-state index contributed by atoms with van der Waals surface area (Å²) < 4.78 is 53.4. The summed E-state index contributed by atoms with van der Waals surface area (Å²) in [5.41, 5.74) is 1.93. The average molecular weight is 422 g/mol. The number of morpholine rings is 1. The Kier molecular flexibility index (Phi) is 6.86. The Morgan fingerprint density at radius 2 is 1.59 bits per heavy atom. The van der Waals surface area contributed by atoms with Crippen LogP contribution in [0.25, 0.3) is 22.3 Å². The number of benzene rings is 2. The molecule has 0 atom stereocenters. The summed E-state index contributed by atoms with van der Waals surface area (Å²) in [7, 11) is -3.26. The van der Waals surface area contributed by atoms with Gasteiger partial charge in [0.1, 0.15) is 30.3 Å². The van der Waals surface area contributed by atoms with E-state index in [4.69, 9.17) is 32.5 Å². The first-order chi connectivity index (χ1) is 13.8. The Labute approximate surface area is 169 Å². The molecule has 0 aliphatic carbocycles. The van der Waals surface area contributed by atoms with Crippen molar-refractivity contribution in [2.24, 2.45) is 0 Å². The Morgan fingerprint density at radius 3 is 2.21 bits per heavy atom. The summed E-state index contributed by atoms with van der Waals surface area (Å²) in [6, 6.07) is 18.3. The van der Waals surface area contributed by atoms with Crippen LogP contribution in [0.5, 0.6) is 5.75 Å². The molecule has 0 saturated carbocycles. The maximum absolute atomic E-state index is 8.49. The Morgan fingerprint density at radius 1 is 0.931 bits per heavy atom. The number of halogens is 1. The SMILES string of the molecule is COc1ccc2oc(-c3ccccc3)cc(=[N+]3CCOCC3)c2c1.[O-][Cl+3]([O-])([O-])[O-]. The van der Waals surface area contributed by atoms with Gasteiger partial charge in [-0.1, -0.05) is 30.3 Å². The lowest BCUT2D eigenvalue weighted by atomic mass is 10.1. The Balaban J connectivity index is 0.000000431. The molecule has 1 aromatic heterocycles. The second kappa shape index (κ2) is 9.36. The summed E-state index contributed by atoms with van der Waals surface area (Å²) in [5, 5.41) is 2.23. The van der Waals surface area contributed by atoms with Crippen molar-refractivity contribution in [2.75, 3.05) is 33.4 Å². The molecule has 2 aromatic carbocycles. The van der Waals surface area contributed by atoms with Crippen molar-refractivity contribution in [3.05, 3.63) is 60.0 Å². The smallest absolute Gasteiger partial charge is 0.215 e. The second-order valence-electron chi connectivity index (χ2n) is 6.20. The van der Waals surface area contributed by atoms with Crippen molar-refractivity contribution >= 4 is 11.0 Å². The summed E-state index contributed by atoms with van der Waals surface area (Å²) >= 11 is 0. The Hall–Kier alpha value is -2.46. The maximum atomic E-state index is 8.49. The number of ether oxygens (including phenoxy) is 2. The molecule has 0 spiro atoms. The molecule has 3 aromatic rings. The van der Waals surface area contributed by atoms with Gasteiger partial charge in [-0.25, -0.2) is 23.2 Å². The van der Waals surface area contributed by atoms with Crippen LogP contribution in [0, 0.1) is 10.2 Å². The standard InChI is InChI=1S/C20H20NO3.ClHO4/c1-22-16-7-8-19-17(13-16)18(21-9-11-23-12-10-21)14-20(24-19)15-5-3-2-4-6-15;2-1(3,4)5/h2-8,13-14H,9-12H2,1H3;(H,2,3,4,5)/q+1;/p-1. The highest BCUT2D eigenvalue weighted by atomic mass is 35.7. The highest BCUT2D eigenvalue weighted by Crippen LogP contribution is 2.24. The fourth-order valence-corrected chi connectivity index (χ4v) is 3.09. The minimum Gasteiger partial charge on any atom is -0.497 e. The lowest BCUT2D eigenvalue weighted by Gasteiger charge is -2.17. The molecule has 8 nitrogen and oxygen atoms in total. The highest BCUT2D eigenvalue weighted by Gasteiger charge is 2.17. The molecule has 1 fully saturated rings. The van der Waals surface area contributed by atoms with Crippen LogP contribution in [0.3, 0.4) is 0 Å². The molecular formula is C20H20ClNO7. The van der Waals surface area contributed by atoms with Crippen molar-refractivity contribution in [2.45, 2.75) is 0 Å². The predicted molar refractivity (Wildman–Crippen MR) is 94.0 cm³/mol. The number of fused-ring (bicyclic) bond motifs is 1. The van der Waals surface area contributed by atoms with Gasteiger partial charge >= 0.3 is 0 Å². The molecule has 2 heterocycles. The first kappa shape index (κ1) is 21.3. The Bertz CT molecular complexity index is 1010. The minimum absolute atomic E-state index is 0.748. The summed E-state index contributed by atoms with van der Waals surface area (Å²) in [5.74, 6) is 1.70. The monoisotopic (exact) mass is 421 g/mol. The molecule has 1 aliphatic rings. The van der Waals surface area contributed by atoms with Crippen LogP contribution in [0.2, 0.25) is 0 Å². The number of hydrogen-bond donors (Lipinski definition) is 0. The second-order valence-corrected chi connectivity index (χ2v) is 6.96. The van der Waals surface area contributed by atoms with E-state index < -0.39 is 10.2 Å². The van der Waals surface area contributed by atoms with Crippen LogP contribution >= 0.6 is 0 Å².